The van der Waals surface area contributed by atoms with E-state index in [1.165, 1.54) is 5.48 Å². The minimum atomic E-state index is -1.35. The molecule has 0 radical (unpaired) electrons. The molecule has 0 bridgehead atoms. The minimum Gasteiger partial charge on any atom is -0.332 e. The number of nitrogens with zero attached hydrogens (tertiary/aromatic N) is 2. The highest BCUT2D eigenvalue weighted by Crippen LogP contribution is 1.73. The predicted octanol–water partition coefficient (Wildman–Crippen LogP) is -0.683. The number of nitriles is 1. The molecule has 0 heterocycles. The van der Waals surface area contributed by atoms with Crippen molar-refractivity contribution in [1.82, 2.24) is 5.48 Å². The van der Waals surface area contributed by atoms with Crippen LogP contribution in [-0.2, 0) is 9.68 Å². The fourth-order valence-corrected chi connectivity index (χ4v) is 0.137. The molecule has 10 heavy (non-hydrogen) atoms. The van der Waals surface area contributed by atoms with E-state index in [2.05, 4.69) is 9.68 Å². The van der Waals surface area contributed by atoms with Crippen molar-refractivity contribution in [2.45, 2.75) is 0 Å². The summed E-state index contributed by atoms with van der Waals surface area (Å²) in [5.41, 5.74) is 1.20. The number of rotatable bonds is 2. The molecule has 0 aliphatic carbocycles. The van der Waals surface area contributed by atoms with Gasteiger partial charge in [-0.05, 0) is 0 Å². The first-order valence-corrected chi connectivity index (χ1v) is 1.84. The van der Waals surface area contributed by atoms with Crippen molar-refractivity contribution in [1.29, 1.82) is 5.26 Å². The van der Waals surface area contributed by atoms with Crippen molar-refractivity contribution in [2.24, 2.45) is 0 Å². The molecule has 0 rings (SSSR count). The zero-order chi connectivity index (χ0) is 7.98. The summed E-state index contributed by atoms with van der Waals surface area (Å²) in [6, 6.07) is 0. The van der Waals surface area contributed by atoms with Crippen LogP contribution in [0.3, 0.4) is 0 Å². The molecule has 0 atom stereocenters. The monoisotopic (exact) mass is 147 g/mol. The average Bonchev–Trinajstić information content (AvgIpc) is 1.85. The van der Waals surface area contributed by atoms with Gasteiger partial charge >= 0.3 is 11.2 Å². The molecular formula is C2HN3O5. The lowest BCUT2D eigenvalue weighted by atomic mass is 11.2. The van der Waals surface area contributed by atoms with E-state index in [-0.39, 0.29) is 0 Å². The third-order valence-electron chi connectivity index (χ3n) is 0.342. The molecule has 8 heteroatoms. The lowest BCUT2D eigenvalue weighted by Gasteiger charge is -1.94. The second-order valence-electron chi connectivity index (χ2n) is 0.898. The van der Waals surface area contributed by atoms with Gasteiger partial charge in [0.05, 0.1) is 0 Å². The Hall–Kier alpha value is -2.04. The molecule has 0 saturated heterocycles. The maximum absolute atomic E-state index is 9.96. The Morgan fingerprint density at radius 3 is 2.80 bits per heavy atom. The summed E-state index contributed by atoms with van der Waals surface area (Å²) in [5.74, 6) is 0. The van der Waals surface area contributed by atoms with E-state index in [4.69, 9.17) is 5.26 Å². The number of ether oxygens (including phenoxy) is 1. The summed E-state index contributed by atoms with van der Waals surface area (Å²) >= 11 is 0. The summed E-state index contributed by atoms with van der Waals surface area (Å²) in [4.78, 5) is 22.6. The van der Waals surface area contributed by atoms with Crippen molar-refractivity contribution >= 4 is 6.09 Å². The highest BCUT2D eigenvalue weighted by atomic mass is 17.0. The number of hydrogen-bond donors (Lipinski definition) is 1. The molecule has 0 aromatic heterocycles. The molecule has 0 aromatic rings. The maximum Gasteiger partial charge on any atom is 0.446 e. The topological polar surface area (TPSA) is 114 Å². The Morgan fingerprint density at radius 2 is 2.40 bits per heavy atom. The van der Waals surface area contributed by atoms with Crippen LogP contribution in [0.5, 0.6) is 0 Å². The summed E-state index contributed by atoms with van der Waals surface area (Å²) in [6.07, 6.45) is -0.371. The van der Waals surface area contributed by atoms with Crippen molar-refractivity contribution in [2.75, 3.05) is 0 Å². The SMILES string of the molecule is N#COC(=O)NO[N+](=O)[O-]. The molecule has 8 nitrogen and oxygen atoms in total. The number of carbonyl (C=O) groups excluding carboxylic acids is 1. The lowest BCUT2D eigenvalue weighted by Crippen LogP contribution is -2.25. The van der Waals surface area contributed by atoms with Crippen LogP contribution in [0.15, 0.2) is 0 Å². The summed E-state index contributed by atoms with van der Waals surface area (Å²) in [6.45, 7) is 0. The third kappa shape index (κ3) is 4.13. The van der Waals surface area contributed by atoms with E-state index in [1.807, 2.05) is 0 Å². The third-order valence-corrected chi connectivity index (χ3v) is 0.342. The van der Waals surface area contributed by atoms with Crippen LogP contribution in [0.1, 0.15) is 0 Å². The van der Waals surface area contributed by atoms with Gasteiger partial charge in [0.15, 0.2) is 0 Å². The average molecular weight is 147 g/mol. The first kappa shape index (κ1) is 7.96. The van der Waals surface area contributed by atoms with Gasteiger partial charge in [0.2, 0.25) is 0 Å². The van der Waals surface area contributed by atoms with Crippen LogP contribution in [0.4, 0.5) is 4.79 Å². The first-order chi connectivity index (χ1) is 4.66. The fourth-order valence-electron chi connectivity index (χ4n) is 0.137. The predicted molar refractivity (Wildman–Crippen MR) is 23.3 cm³/mol. The van der Waals surface area contributed by atoms with Gasteiger partial charge in [0, 0.05) is 0 Å². The minimum absolute atomic E-state index is 0.977. The zero-order valence-electron chi connectivity index (χ0n) is 4.44. The Balaban J connectivity index is 3.42. The van der Waals surface area contributed by atoms with E-state index >= 15 is 0 Å². The van der Waals surface area contributed by atoms with E-state index in [0.717, 1.165) is 6.26 Å². The smallest absolute Gasteiger partial charge is 0.332 e. The van der Waals surface area contributed by atoms with Crippen LogP contribution in [-0.4, -0.2) is 11.2 Å². The highest BCUT2D eigenvalue weighted by molar-refractivity contribution is 5.66. The second-order valence-corrected chi connectivity index (χ2v) is 0.898. The van der Waals surface area contributed by atoms with Gasteiger partial charge in [-0.3, -0.25) is 0 Å². The Kier molecular flexibility index (Phi) is 3.11. The van der Waals surface area contributed by atoms with E-state index in [9.17, 15) is 14.9 Å². The molecule has 54 valence electrons. The highest BCUT2D eigenvalue weighted by Gasteiger charge is 2.02. The van der Waals surface area contributed by atoms with Crippen molar-refractivity contribution in [3.8, 4) is 6.26 Å². The van der Waals surface area contributed by atoms with Crippen LogP contribution in [0.25, 0.3) is 0 Å². The summed E-state index contributed by atoms with van der Waals surface area (Å²) in [7, 11) is 0. The molecule has 0 unspecified atom stereocenters. The van der Waals surface area contributed by atoms with Gasteiger partial charge in [-0.15, -0.1) is 15.4 Å². The van der Waals surface area contributed by atoms with Gasteiger partial charge in [0.25, 0.3) is 6.26 Å². The normalized spacial score (nSPS) is 7.10. The number of hydroxylamine groups is 1. The molecule has 0 fully saturated rings. The maximum atomic E-state index is 9.96. The number of nitrogens with one attached hydrogen (secondary N) is 1. The molecule has 1 N–H and O–H groups in total. The standard InChI is InChI=1S/C2HN3O5/c3-1-9-2(6)4-10-5(7)8/h(H,4,6). The first-order valence-electron chi connectivity index (χ1n) is 1.84. The lowest BCUT2D eigenvalue weighted by molar-refractivity contribution is -0.772. The van der Waals surface area contributed by atoms with Crippen molar-refractivity contribution in [3.63, 3.8) is 0 Å². The molecule has 0 aliphatic heterocycles. The van der Waals surface area contributed by atoms with Gasteiger partial charge in [-0.1, -0.05) is 0 Å². The number of amides is 1. The summed E-state index contributed by atoms with van der Waals surface area (Å²) in [5, 5.41) is 15.7. The molecule has 0 aliphatic rings. The van der Waals surface area contributed by atoms with Crippen molar-refractivity contribution in [3.05, 3.63) is 10.1 Å². The van der Waals surface area contributed by atoms with E-state index in [1.54, 1.807) is 0 Å². The van der Waals surface area contributed by atoms with Gasteiger partial charge in [-0.25, -0.2) is 4.79 Å². The summed E-state index contributed by atoms with van der Waals surface area (Å²) < 4.78 is 3.52. The van der Waals surface area contributed by atoms with Crippen LogP contribution in [0.2, 0.25) is 0 Å². The van der Waals surface area contributed by atoms with Crippen LogP contribution < -0.4 is 5.48 Å². The van der Waals surface area contributed by atoms with Gasteiger partial charge in [-0.2, -0.15) is 10.4 Å². The van der Waals surface area contributed by atoms with Crippen LogP contribution >= 0.6 is 0 Å². The van der Waals surface area contributed by atoms with E-state index < -0.39 is 11.2 Å². The van der Waals surface area contributed by atoms with Crippen molar-refractivity contribution < 1.29 is 19.6 Å². The molecule has 1 amide bonds. The van der Waals surface area contributed by atoms with Gasteiger partial charge in [0.1, 0.15) is 0 Å². The Labute approximate surface area is 54.0 Å². The Bertz CT molecular complexity index is 182. The molecule has 0 saturated carbocycles. The van der Waals surface area contributed by atoms with E-state index in [0.29, 0.717) is 0 Å². The molecular weight excluding hydrogens is 146 g/mol. The number of carbonyl (C=O) groups is 1. The second kappa shape index (κ2) is 3.90. The molecule has 0 spiro atoms. The van der Waals surface area contributed by atoms with Gasteiger partial charge < -0.3 is 4.74 Å². The quantitative estimate of drug-likeness (QED) is 0.314. The zero-order valence-corrected chi connectivity index (χ0v) is 4.44. The number of hydrogen-bond acceptors (Lipinski definition) is 6. The Morgan fingerprint density at radius 1 is 1.80 bits per heavy atom. The van der Waals surface area contributed by atoms with Crippen LogP contribution in [0, 0.1) is 21.6 Å². The molecule has 0 aromatic carbocycles. The fraction of sp³-hybridized carbons (Fsp3) is 0. The largest absolute Gasteiger partial charge is 0.446 e.